The normalized spacial score (nSPS) is 19.6. The van der Waals surface area contributed by atoms with Gasteiger partial charge in [-0.05, 0) is 19.3 Å². The van der Waals surface area contributed by atoms with Gasteiger partial charge in [0, 0.05) is 12.7 Å². The maximum absolute atomic E-state index is 11.1. The van der Waals surface area contributed by atoms with Crippen molar-refractivity contribution in [3.05, 3.63) is 11.1 Å². The highest BCUT2D eigenvalue weighted by molar-refractivity contribution is 7.86. The highest BCUT2D eigenvalue weighted by atomic mass is 32.2. The fraction of sp³-hybridized carbons (Fsp3) is 0.600. The predicted molar refractivity (Wildman–Crippen MR) is 61.9 cm³/mol. The summed E-state index contributed by atoms with van der Waals surface area (Å²) in [6.07, 6.45) is 2.47. The number of hydrogen-bond acceptors (Lipinski definition) is 6. The Morgan fingerprint density at radius 2 is 2.00 bits per heavy atom. The maximum Gasteiger partial charge on any atom is 0.324 e. The fourth-order valence-corrected chi connectivity index (χ4v) is 2.63. The van der Waals surface area contributed by atoms with Crippen molar-refractivity contribution >= 4 is 10.1 Å². The van der Waals surface area contributed by atoms with Crippen molar-refractivity contribution < 1.29 is 27.7 Å². The Kier molecular flexibility index (Phi) is 3.16. The molecule has 1 unspecified atom stereocenters. The lowest BCUT2D eigenvalue weighted by Gasteiger charge is -2.20. The molecule has 18 heavy (non-hydrogen) atoms. The number of hydrogen-bond donors (Lipinski definition) is 2. The summed E-state index contributed by atoms with van der Waals surface area (Å²) < 4.78 is 32.4. The minimum Gasteiger partial charge on any atom is -0.492 e. The summed E-state index contributed by atoms with van der Waals surface area (Å²) >= 11 is 0. The number of rotatable bonds is 3. The topological polar surface area (TPSA) is 98.0 Å². The van der Waals surface area contributed by atoms with Gasteiger partial charge in [0.05, 0.1) is 17.9 Å². The highest BCUT2D eigenvalue weighted by Gasteiger charge is 2.33. The van der Waals surface area contributed by atoms with Gasteiger partial charge in [-0.25, -0.2) is 0 Å². The van der Waals surface area contributed by atoms with Gasteiger partial charge in [0.1, 0.15) is 0 Å². The lowest BCUT2D eigenvalue weighted by molar-refractivity contribution is 0.0847. The molecule has 2 N–H and O–H groups in total. The molecule has 0 saturated carbocycles. The van der Waals surface area contributed by atoms with Crippen LogP contribution in [0.3, 0.4) is 0 Å². The van der Waals surface area contributed by atoms with E-state index in [1.54, 1.807) is 0 Å². The SMILES string of the molecule is COC1CCCc2c1c(O)n(OS(C)(=O)=O)c2O. The molecule has 0 aromatic carbocycles. The third-order valence-corrected chi connectivity index (χ3v) is 3.35. The van der Waals surface area contributed by atoms with Crippen molar-refractivity contribution in [1.29, 1.82) is 0 Å². The van der Waals surface area contributed by atoms with Crippen LogP contribution in [-0.2, 0) is 21.3 Å². The summed E-state index contributed by atoms with van der Waals surface area (Å²) in [6.45, 7) is 0. The predicted octanol–water partition coefficient (Wildman–Crippen LogP) is 0.311. The van der Waals surface area contributed by atoms with Crippen molar-refractivity contribution in [3.8, 4) is 11.8 Å². The smallest absolute Gasteiger partial charge is 0.324 e. The zero-order valence-electron chi connectivity index (χ0n) is 10.1. The van der Waals surface area contributed by atoms with Gasteiger partial charge in [0.25, 0.3) is 0 Å². The third kappa shape index (κ3) is 2.13. The molecule has 1 aromatic rings. The van der Waals surface area contributed by atoms with Crippen molar-refractivity contribution in [3.63, 3.8) is 0 Å². The molecule has 1 atom stereocenters. The van der Waals surface area contributed by atoms with Crippen LogP contribution in [0.2, 0.25) is 0 Å². The largest absolute Gasteiger partial charge is 0.492 e. The quantitative estimate of drug-likeness (QED) is 0.825. The molecule has 1 aliphatic carbocycles. The number of fused-ring (bicyclic) bond motifs is 1. The van der Waals surface area contributed by atoms with E-state index in [4.69, 9.17) is 4.74 Å². The highest BCUT2D eigenvalue weighted by Crippen LogP contribution is 2.44. The number of aromatic hydroxyl groups is 2. The summed E-state index contributed by atoms with van der Waals surface area (Å²) in [6, 6.07) is 0. The van der Waals surface area contributed by atoms with Crippen LogP contribution in [0.4, 0.5) is 0 Å². The van der Waals surface area contributed by atoms with Crippen LogP contribution >= 0.6 is 0 Å². The Hall–Kier alpha value is -1.41. The zero-order chi connectivity index (χ0) is 13.5. The molecular weight excluding hydrogens is 262 g/mol. The van der Waals surface area contributed by atoms with Crippen LogP contribution in [-0.4, -0.2) is 36.7 Å². The molecule has 0 aliphatic heterocycles. The Balaban J connectivity index is 2.54. The van der Waals surface area contributed by atoms with Crippen LogP contribution in [0.1, 0.15) is 30.1 Å². The number of methoxy groups -OCH3 is 1. The first-order chi connectivity index (χ1) is 8.35. The molecular formula is C10H15NO6S. The van der Waals surface area contributed by atoms with Crippen LogP contribution < -0.4 is 4.28 Å². The molecule has 1 aliphatic rings. The third-order valence-electron chi connectivity index (χ3n) is 2.93. The first kappa shape index (κ1) is 13.0. The van der Waals surface area contributed by atoms with Gasteiger partial charge < -0.3 is 14.9 Å². The van der Waals surface area contributed by atoms with E-state index in [0.29, 0.717) is 28.7 Å². The monoisotopic (exact) mass is 277 g/mol. The van der Waals surface area contributed by atoms with Crippen LogP contribution in [0.5, 0.6) is 11.8 Å². The van der Waals surface area contributed by atoms with Crippen molar-refractivity contribution in [1.82, 2.24) is 4.73 Å². The second-order valence-electron chi connectivity index (χ2n) is 4.23. The molecule has 0 amide bonds. The van der Waals surface area contributed by atoms with Gasteiger partial charge in [0.2, 0.25) is 11.8 Å². The molecule has 102 valence electrons. The van der Waals surface area contributed by atoms with E-state index >= 15 is 0 Å². The summed E-state index contributed by atoms with van der Waals surface area (Å²) in [5.41, 5.74) is 0.860. The van der Waals surface area contributed by atoms with Gasteiger partial charge in [-0.2, -0.15) is 8.42 Å². The summed E-state index contributed by atoms with van der Waals surface area (Å²) in [5, 5.41) is 19.8. The molecule has 0 spiro atoms. The first-order valence-electron chi connectivity index (χ1n) is 5.43. The Bertz CT molecular complexity index is 561. The zero-order valence-corrected chi connectivity index (χ0v) is 10.9. The first-order valence-corrected chi connectivity index (χ1v) is 7.25. The van der Waals surface area contributed by atoms with Gasteiger partial charge in [-0.1, -0.05) is 4.73 Å². The van der Waals surface area contributed by atoms with E-state index in [-0.39, 0.29) is 6.10 Å². The minimum atomic E-state index is -3.84. The fourth-order valence-electron chi connectivity index (χ4n) is 2.22. The Morgan fingerprint density at radius 1 is 1.33 bits per heavy atom. The van der Waals surface area contributed by atoms with Crippen LogP contribution in [0, 0.1) is 0 Å². The number of aromatic nitrogens is 1. The summed E-state index contributed by atoms with van der Waals surface area (Å²) in [7, 11) is -2.35. The Morgan fingerprint density at radius 3 is 2.56 bits per heavy atom. The molecule has 0 saturated heterocycles. The van der Waals surface area contributed by atoms with E-state index in [0.717, 1.165) is 12.7 Å². The van der Waals surface area contributed by atoms with E-state index in [2.05, 4.69) is 4.28 Å². The van der Waals surface area contributed by atoms with Crippen LogP contribution in [0.25, 0.3) is 0 Å². The summed E-state index contributed by atoms with van der Waals surface area (Å²) in [5.74, 6) is -0.825. The molecule has 8 heteroatoms. The second kappa shape index (κ2) is 4.36. The maximum atomic E-state index is 11.1. The number of nitrogens with zero attached hydrogens (tertiary/aromatic N) is 1. The van der Waals surface area contributed by atoms with E-state index in [1.165, 1.54) is 7.11 Å². The van der Waals surface area contributed by atoms with Crippen molar-refractivity contribution in [2.45, 2.75) is 25.4 Å². The average Bonchev–Trinajstić information content (AvgIpc) is 2.53. The van der Waals surface area contributed by atoms with Gasteiger partial charge in [-0.15, -0.1) is 0 Å². The van der Waals surface area contributed by atoms with Gasteiger partial charge in [-0.3, -0.25) is 4.28 Å². The Labute approximate surface area is 105 Å². The van der Waals surface area contributed by atoms with Crippen LogP contribution in [0.15, 0.2) is 0 Å². The number of ether oxygens (including phenoxy) is 1. The lowest BCUT2D eigenvalue weighted by atomic mass is 9.92. The molecule has 0 fully saturated rings. The molecule has 2 rings (SSSR count). The van der Waals surface area contributed by atoms with Crippen molar-refractivity contribution in [2.24, 2.45) is 0 Å². The average molecular weight is 277 g/mol. The van der Waals surface area contributed by atoms with E-state index in [1.807, 2.05) is 0 Å². The second-order valence-corrected chi connectivity index (χ2v) is 5.79. The van der Waals surface area contributed by atoms with Gasteiger partial charge in [0.15, 0.2) is 0 Å². The molecule has 0 bridgehead atoms. The molecule has 1 heterocycles. The lowest BCUT2D eigenvalue weighted by Crippen LogP contribution is -2.17. The minimum absolute atomic E-state index is 0.371. The van der Waals surface area contributed by atoms with E-state index in [9.17, 15) is 18.6 Å². The molecule has 0 radical (unpaired) electrons. The molecule has 1 aromatic heterocycles. The van der Waals surface area contributed by atoms with E-state index < -0.39 is 21.9 Å². The van der Waals surface area contributed by atoms with Gasteiger partial charge >= 0.3 is 10.1 Å². The standard InChI is InChI=1S/C10H15NO6S/c1-16-7-5-3-4-6-8(7)10(13)11(9(6)12)17-18(2,14)15/h7,12-13H,3-5H2,1-2H3. The molecule has 7 nitrogen and oxygen atoms in total. The summed E-state index contributed by atoms with van der Waals surface area (Å²) in [4.78, 5) is 0. The van der Waals surface area contributed by atoms with Crippen molar-refractivity contribution in [2.75, 3.05) is 13.4 Å².